The van der Waals surface area contributed by atoms with Gasteiger partial charge in [-0.15, -0.1) is 0 Å². The van der Waals surface area contributed by atoms with Crippen LogP contribution in [0.1, 0.15) is 54.9 Å². The molecule has 1 fully saturated rings. The number of ether oxygens (including phenoxy) is 3. The molecule has 0 radical (unpaired) electrons. The second-order valence-electron chi connectivity index (χ2n) is 9.19. The Kier molecular flexibility index (Phi) is 7.54. The van der Waals surface area contributed by atoms with Crippen LogP contribution in [-0.2, 0) is 11.3 Å². The van der Waals surface area contributed by atoms with E-state index in [4.69, 9.17) is 19.3 Å². The van der Waals surface area contributed by atoms with Crippen molar-refractivity contribution in [1.82, 2.24) is 14.8 Å². The van der Waals surface area contributed by atoms with Gasteiger partial charge >= 0.3 is 5.97 Å². The van der Waals surface area contributed by atoms with Gasteiger partial charge in [-0.2, -0.15) is 5.10 Å². The monoisotopic (exact) mass is 500 g/mol. The summed E-state index contributed by atoms with van der Waals surface area (Å²) in [6.45, 7) is 2.69. The Morgan fingerprint density at radius 3 is 2.43 bits per heavy atom. The van der Waals surface area contributed by atoms with Crippen LogP contribution in [0.2, 0.25) is 0 Å². The lowest BCUT2D eigenvalue weighted by Crippen LogP contribution is -2.22. The number of pyridine rings is 1. The summed E-state index contributed by atoms with van der Waals surface area (Å²) in [6, 6.07) is 17.2. The molecular weight excluding hydrogens is 468 g/mol. The third-order valence-corrected chi connectivity index (χ3v) is 6.63. The quantitative estimate of drug-likeness (QED) is 0.274. The van der Waals surface area contributed by atoms with Crippen molar-refractivity contribution < 1.29 is 19.0 Å². The molecule has 0 atom stereocenters. The van der Waals surface area contributed by atoms with E-state index in [1.54, 1.807) is 44.5 Å². The molecule has 2 aromatic heterocycles. The third kappa shape index (κ3) is 5.69. The Labute approximate surface area is 216 Å². The molecule has 0 amide bonds. The smallest absolute Gasteiger partial charge is 0.338 e. The van der Waals surface area contributed by atoms with Crippen molar-refractivity contribution in [2.75, 3.05) is 19.0 Å². The zero-order valence-corrected chi connectivity index (χ0v) is 21.3. The minimum absolute atomic E-state index is 0.337. The lowest BCUT2D eigenvalue weighted by Gasteiger charge is -2.22. The molecule has 1 saturated carbocycles. The average Bonchev–Trinajstić information content (AvgIpc) is 3.28. The van der Waals surface area contributed by atoms with E-state index < -0.39 is 0 Å². The third-order valence-electron chi connectivity index (χ3n) is 6.63. The molecule has 0 bridgehead atoms. The molecule has 4 aromatic rings. The lowest BCUT2D eigenvalue weighted by molar-refractivity contribution is 0.0526. The number of carbonyl (C=O) groups excluding carboxylic acids is 1. The van der Waals surface area contributed by atoms with Gasteiger partial charge in [0.15, 0.2) is 11.5 Å². The standard InChI is InChI=1S/C29H32N4O4/c1-3-36-29(34)21-11-15-24(16-12-21)37-25-17-18-30-28-26(25)27(31-22-7-5-4-6-8-22)32-33(28)19-20-9-13-23(35-2)14-10-20/h9-18,22H,3-8,19H2,1-2H3,(H,31,32). The summed E-state index contributed by atoms with van der Waals surface area (Å²) in [5.41, 5.74) is 2.33. The normalized spacial score (nSPS) is 13.9. The molecule has 2 aromatic carbocycles. The summed E-state index contributed by atoms with van der Waals surface area (Å²) in [5.74, 6) is 2.53. The number of rotatable bonds is 9. The first-order chi connectivity index (χ1) is 18.1. The van der Waals surface area contributed by atoms with Gasteiger partial charge in [0.05, 0.1) is 25.8 Å². The fourth-order valence-corrected chi connectivity index (χ4v) is 4.71. The van der Waals surface area contributed by atoms with E-state index in [2.05, 4.69) is 10.3 Å². The predicted octanol–water partition coefficient (Wildman–Crippen LogP) is 6.20. The zero-order chi connectivity index (χ0) is 25.6. The van der Waals surface area contributed by atoms with Gasteiger partial charge in [0.2, 0.25) is 0 Å². The summed E-state index contributed by atoms with van der Waals surface area (Å²) < 4.78 is 18.6. The van der Waals surface area contributed by atoms with Crippen LogP contribution in [0.4, 0.5) is 5.82 Å². The van der Waals surface area contributed by atoms with Crippen molar-refractivity contribution in [2.24, 2.45) is 0 Å². The molecule has 2 heterocycles. The van der Waals surface area contributed by atoms with Crippen molar-refractivity contribution in [2.45, 2.75) is 51.6 Å². The molecule has 0 aliphatic heterocycles. The summed E-state index contributed by atoms with van der Waals surface area (Å²) in [7, 11) is 1.66. The number of fused-ring (bicyclic) bond motifs is 1. The first kappa shape index (κ1) is 24.6. The van der Waals surface area contributed by atoms with E-state index in [9.17, 15) is 4.79 Å². The number of aromatic nitrogens is 3. The SMILES string of the molecule is CCOC(=O)c1ccc(Oc2ccnc3c2c(NC2CCCCC2)nn3Cc2ccc(OC)cc2)cc1. The fraction of sp³-hybridized carbons (Fsp3) is 0.345. The number of methoxy groups -OCH3 is 1. The van der Waals surface area contributed by atoms with Crippen molar-refractivity contribution >= 4 is 22.8 Å². The van der Waals surface area contributed by atoms with Gasteiger partial charge in [0.1, 0.15) is 22.6 Å². The van der Waals surface area contributed by atoms with Gasteiger partial charge in [-0.3, -0.25) is 0 Å². The first-order valence-electron chi connectivity index (χ1n) is 12.8. The van der Waals surface area contributed by atoms with Crippen LogP contribution in [0, 0.1) is 0 Å². The average molecular weight is 501 g/mol. The molecule has 1 aliphatic rings. The molecule has 192 valence electrons. The summed E-state index contributed by atoms with van der Waals surface area (Å²) in [4.78, 5) is 16.7. The molecule has 0 saturated heterocycles. The van der Waals surface area contributed by atoms with Crippen molar-refractivity contribution in [3.05, 3.63) is 71.9 Å². The molecule has 37 heavy (non-hydrogen) atoms. The summed E-state index contributed by atoms with van der Waals surface area (Å²) in [5, 5.41) is 9.47. The van der Waals surface area contributed by atoms with Gasteiger partial charge in [-0.1, -0.05) is 31.4 Å². The highest BCUT2D eigenvalue weighted by molar-refractivity contribution is 5.94. The molecule has 8 nitrogen and oxygen atoms in total. The number of esters is 1. The van der Waals surface area contributed by atoms with Gasteiger partial charge < -0.3 is 19.5 Å². The van der Waals surface area contributed by atoms with E-state index in [0.29, 0.717) is 36.3 Å². The maximum Gasteiger partial charge on any atom is 0.338 e. The molecule has 8 heteroatoms. The van der Waals surface area contributed by atoms with Crippen molar-refractivity contribution in [3.8, 4) is 17.2 Å². The lowest BCUT2D eigenvalue weighted by atomic mass is 9.95. The highest BCUT2D eigenvalue weighted by Crippen LogP contribution is 2.36. The van der Waals surface area contributed by atoms with Gasteiger partial charge in [-0.05, 0) is 61.7 Å². The van der Waals surface area contributed by atoms with Crippen LogP contribution in [0.15, 0.2) is 60.8 Å². The fourth-order valence-electron chi connectivity index (χ4n) is 4.71. The molecule has 1 N–H and O–H groups in total. The van der Waals surface area contributed by atoms with E-state index in [-0.39, 0.29) is 5.97 Å². The maximum atomic E-state index is 12.0. The first-order valence-corrected chi connectivity index (χ1v) is 12.8. The zero-order valence-electron chi connectivity index (χ0n) is 21.3. The summed E-state index contributed by atoms with van der Waals surface area (Å²) >= 11 is 0. The van der Waals surface area contributed by atoms with Crippen LogP contribution < -0.4 is 14.8 Å². The maximum absolute atomic E-state index is 12.0. The molecule has 0 spiro atoms. The Hall–Kier alpha value is -4.07. The Morgan fingerprint density at radius 2 is 1.73 bits per heavy atom. The topological polar surface area (TPSA) is 87.5 Å². The van der Waals surface area contributed by atoms with Crippen LogP contribution in [0.5, 0.6) is 17.2 Å². The van der Waals surface area contributed by atoms with Crippen LogP contribution in [0.3, 0.4) is 0 Å². The van der Waals surface area contributed by atoms with Gasteiger partial charge in [-0.25, -0.2) is 14.5 Å². The van der Waals surface area contributed by atoms with E-state index in [1.165, 1.54) is 19.3 Å². The second kappa shape index (κ2) is 11.3. The van der Waals surface area contributed by atoms with Gasteiger partial charge in [0, 0.05) is 18.3 Å². The molecule has 0 unspecified atom stereocenters. The number of carbonyl (C=O) groups is 1. The van der Waals surface area contributed by atoms with Crippen LogP contribution in [0.25, 0.3) is 11.0 Å². The van der Waals surface area contributed by atoms with E-state index in [1.807, 2.05) is 35.0 Å². The van der Waals surface area contributed by atoms with Crippen molar-refractivity contribution in [1.29, 1.82) is 0 Å². The molecule has 5 rings (SSSR count). The van der Waals surface area contributed by atoms with Gasteiger partial charge in [0.25, 0.3) is 0 Å². The minimum Gasteiger partial charge on any atom is -0.497 e. The Morgan fingerprint density at radius 1 is 1.00 bits per heavy atom. The number of nitrogens with zero attached hydrogens (tertiary/aromatic N) is 3. The Bertz CT molecular complexity index is 1340. The predicted molar refractivity (Wildman–Crippen MR) is 143 cm³/mol. The van der Waals surface area contributed by atoms with Crippen LogP contribution in [-0.4, -0.2) is 40.5 Å². The summed E-state index contributed by atoms with van der Waals surface area (Å²) in [6.07, 6.45) is 7.70. The number of hydrogen-bond acceptors (Lipinski definition) is 7. The number of anilines is 1. The highest BCUT2D eigenvalue weighted by Gasteiger charge is 2.21. The largest absolute Gasteiger partial charge is 0.497 e. The second-order valence-corrected chi connectivity index (χ2v) is 9.19. The Balaban J connectivity index is 1.48. The van der Waals surface area contributed by atoms with Crippen molar-refractivity contribution in [3.63, 3.8) is 0 Å². The number of benzene rings is 2. The van der Waals surface area contributed by atoms with Crippen LogP contribution >= 0.6 is 0 Å². The number of nitrogens with one attached hydrogen (secondary N) is 1. The van der Waals surface area contributed by atoms with E-state index >= 15 is 0 Å². The number of hydrogen-bond donors (Lipinski definition) is 1. The molecule has 1 aliphatic carbocycles. The molecular formula is C29H32N4O4. The minimum atomic E-state index is -0.348. The van der Waals surface area contributed by atoms with E-state index in [0.717, 1.165) is 41.0 Å². The highest BCUT2D eigenvalue weighted by atomic mass is 16.5.